The zero-order valence-corrected chi connectivity index (χ0v) is 16.1. The van der Waals surface area contributed by atoms with Gasteiger partial charge in [0.15, 0.2) is 0 Å². The van der Waals surface area contributed by atoms with Gasteiger partial charge in [-0.15, -0.1) is 10.2 Å². The van der Waals surface area contributed by atoms with Gasteiger partial charge in [0.25, 0.3) is 10.8 Å². The van der Waals surface area contributed by atoms with Gasteiger partial charge in [-0.1, -0.05) is 39.8 Å². The van der Waals surface area contributed by atoms with Crippen LogP contribution in [-0.4, -0.2) is 19.6 Å². The molecule has 8 heteroatoms. The number of thioether (sulfide) groups is 1. The van der Waals surface area contributed by atoms with Gasteiger partial charge >= 0.3 is 0 Å². The molecule has 0 spiro atoms. The summed E-state index contributed by atoms with van der Waals surface area (Å²) in [6.07, 6.45) is 0. The molecular formula is C18H13BrN4O2S. The van der Waals surface area contributed by atoms with Crippen molar-refractivity contribution < 1.29 is 4.42 Å². The molecular weight excluding hydrogens is 416 g/mol. The molecule has 0 unspecified atom stereocenters. The molecule has 130 valence electrons. The average molecular weight is 429 g/mol. The Bertz CT molecular complexity index is 1160. The molecule has 3 heterocycles. The van der Waals surface area contributed by atoms with Gasteiger partial charge in [-0.2, -0.15) is 0 Å². The van der Waals surface area contributed by atoms with Crippen molar-refractivity contribution in [3.8, 4) is 11.5 Å². The molecule has 0 atom stereocenters. The van der Waals surface area contributed by atoms with E-state index in [1.807, 2.05) is 49.4 Å². The lowest BCUT2D eigenvalue weighted by molar-refractivity contribution is 0.466. The van der Waals surface area contributed by atoms with Crippen molar-refractivity contribution in [3.05, 3.63) is 74.7 Å². The molecule has 26 heavy (non-hydrogen) atoms. The number of aromatic nitrogens is 4. The van der Waals surface area contributed by atoms with E-state index in [0.29, 0.717) is 28.2 Å². The van der Waals surface area contributed by atoms with Crippen molar-refractivity contribution in [1.29, 1.82) is 0 Å². The van der Waals surface area contributed by atoms with Crippen LogP contribution in [0.1, 0.15) is 11.4 Å². The van der Waals surface area contributed by atoms with Gasteiger partial charge in [0, 0.05) is 27.5 Å². The lowest BCUT2D eigenvalue weighted by Gasteiger charge is -2.05. The molecule has 1 aromatic carbocycles. The highest BCUT2D eigenvalue weighted by Gasteiger charge is 2.11. The maximum Gasteiger partial charge on any atom is 0.277 e. The first-order valence-corrected chi connectivity index (χ1v) is 9.58. The SMILES string of the molecule is Cc1cccc2nc(CSc3nnc(-c4cccc(Br)c4)o3)cc(=O)n12. The van der Waals surface area contributed by atoms with Gasteiger partial charge in [-0.25, -0.2) is 4.98 Å². The molecule has 0 aliphatic carbocycles. The highest BCUT2D eigenvalue weighted by Crippen LogP contribution is 2.26. The predicted octanol–water partition coefficient (Wildman–Crippen LogP) is 4.11. The Morgan fingerprint density at radius 3 is 2.85 bits per heavy atom. The molecule has 3 aromatic heterocycles. The van der Waals surface area contributed by atoms with E-state index in [9.17, 15) is 4.79 Å². The Labute approximate surface area is 161 Å². The van der Waals surface area contributed by atoms with Crippen molar-refractivity contribution in [2.24, 2.45) is 0 Å². The van der Waals surface area contributed by atoms with Crippen LogP contribution >= 0.6 is 27.7 Å². The van der Waals surface area contributed by atoms with Crippen LogP contribution in [0.2, 0.25) is 0 Å². The number of rotatable bonds is 4. The maximum atomic E-state index is 12.3. The molecule has 0 saturated carbocycles. The minimum atomic E-state index is -0.0935. The van der Waals surface area contributed by atoms with Crippen LogP contribution in [0.15, 0.2) is 67.4 Å². The number of nitrogens with zero attached hydrogens (tertiary/aromatic N) is 4. The lowest BCUT2D eigenvalue weighted by Crippen LogP contribution is -2.17. The Kier molecular flexibility index (Phi) is 4.60. The van der Waals surface area contributed by atoms with Crippen molar-refractivity contribution >= 4 is 33.3 Å². The summed E-state index contributed by atoms with van der Waals surface area (Å²) < 4.78 is 8.22. The number of fused-ring (bicyclic) bond motifs is 1. The van der Waals surface area contributed by atoms with Crippen LogP contribution in [0.4, 0.5) is 0 Å². The number of aryl methyl sites for hydroxylation is 1. The third-order valence-corrected chi connectivity index (χ3v) is 5.10. The normalized spacial score (nSPS) is 11.2. The Morgan fingerprint density at radius 2 is 2.00 bits per heavy atom. The van der Waals surface area contributed by atoms with E-state index in [4.69, 9.17) is 4.42 Å². The van der Waals surface area contributed by atoms with Crippen LogP contribution in [-0.2, 0) is 5.75 Å². The molecule has 4 aromatic rings. The molecule has 0 saturated heterocycles. The van der Waals surface area contributed by atoms with E-state index in [1.165, 1.54) is 11.8 Å². The highest BCUT2D eigenvalue weighted by atomic mass is 79.9. The standard InChI is InChI=1S/C18H13BrN4O2S/c1-11-4-2-7-15-20-14(9-16(24)23(11)15)10-26-18-22-21-17(25-18)12-5-3-6-13(19)8-12/h2-9H,10H2,1H3. The molecule has 0 fully saturated rings. The first kappa shape index (κ1) is 17.0. The molecule has 0 aliphatic heterocycles. The molecule has 0 radical (unpaired) electrons. The van der Waals surface area contributed by atoms with Gasteiger partial charge in [-0.05, 0) is 37.3 Å². The summed E-state index contributed by atoms with van der Waals surface area (Å²) in [7, 11) is 0. The highest BCUT2D eigenvalue weighted by molar-refractivity contribution is 9.10. The number of pyridine rings is 1. The van der Waals surface area contributed by atoms with E-state index in [1.54, 1.807) is 10.5 Å². The van der Waals surface area contributed by atoms with Crippen LogP contribution < -0.4 is 5.56 Å². The average Bonchev–Trinajstić information content (AvgIpc) is 3.09. The lowest BCUT2D eigenvalue weighted by atomic mass is 10.2. The minimum absolute atomic E-state index is 0.0935. The first-order chi connectivity index (χ1) is 12.6. The molecule has 0 N–H and O–H groups in total. The Balaban J connectivity index is 1.55. The number of hydrogen-bond donors (Lipinski definition) is 0. The van der Waals surface area contributed by atoms with Crippen LogP contribution in [0.3, 0.4) is 0 Å². The number of benzene rings is 1. The van der Waals surface area contributed by atoms with Gasteiger partial charge in [0.1, 0.15) is 5.65 Å². The Hall–Kier alpha value is -2.45. The molecule has 0 amide bonds. The first-order valence-electron chi connectivity index (χ1n) is 7.81. The number of hydrogen-bond acceptors (Lipinski definition) is 6. The largest absolute Gasteiger partial charge is 0.411 e. The third-order valence-electron chi connectivity index (χ3n) is 3.75. The zero-order chi connectivity index (χ0) is 18.1. The second-order valence-corrected chi connectivity index (χ2v) is 7.46. The monoisotopic (exact) mass is 428 g/mol. The summed E-state index contributed by atoms with van der Waals surface area (Å²) in [5.41, 5.74) is 2.91. The third kappa shape index (κ3) is 3.42. The fourth-order valence-corrected chi connectivity index (χ4v) is 3.63. The molecule has 4 rings (SSSR count). The van der Waals surface area contributed by atoms with Crippen LogP contribution in [0.5, 0.6) is 0 Å². The maximum absolute atomic E-state index is 12.3. The van der Waals surface area contributed by atoms with E-state index in [2.05, 4.69) is 31.1 Å². The fourth-order valence-electron chi connectivity index (χ4n) is 2.58. The van der Waals surface area contributed by atoms with E-state index >= 15 is 0 Å². The van der Waals surface area contributed by atoms with Crippen LogP contribution in [0, 0.1) is 6.92 Å². The van der Waals surface area contributed by atoms with E-state index < -0.39 is 0 Å². The smallest absolute Gasteiger partial charge is 0.277 e. The van der Waals surface area contributed by atoms with E-state index in [-0.39, 0.29) is 5.56 Å². The van der Waals surface area contributed by atoms with Gasteiger partial charge in [0.2, 0.25) is 5.89 Å². The van der Waals surface area contributed by atoms with Gasteiger partial charge < -0.3 is 4.42 Å². The zero-order valence-electron chi connectivity index (χ0n) is 13.7. The topological polar surface area (TPSA) is 73.3 Å². The second-order valence-electron chi connectivity index (χ2n) is 5.62. The summed E-state index contributed by atoms with van der Waals surface area (Å²) in [6.45, 7) is 1.88. The van der Waals surface area contributed by atoms with Crippen molar-refractivity contribution in [2.45, 2.75) is 17.9 Å². The van der Waals surface area contributed by atoms with E-state index in [0.717, 1.165) is 15.7 Å². The quantitative estimate of drug-likeness (QED) is 0.455. The summed E-state index contributed by atoms with van der Waals surface area (Å²) in [5, 5.41) is 8.57. The number of halogens is 1. The fraction of sp³-hybridized carbons (Fsp3) is 0.111. The summed E-state index contributed by atoms with van der Waals surface area (Å²) >= 11 is 4.78. The minimum Gasteiger partial charge on any atom is -0.411 e. The van der Waals surface area contributed by atoms with Crippen LogP contribution in [0.25, 0.3) is 17.1 Å². The van der Waals surface area contributed by atoms with Crippen molar-refractivity contribution in [2.75, 3.05) is 0 Å². The van der Waals surface area contributed by atoms with Gasteiger partial charge in [-0.3, -0.25) is 9.20 Å². The molecule has 0 bridgehead atoms. The summed E-state index contributed by atoms with van der Waals surface area (Å²) in [5.74, 6) is 0.927. The van der Waals surface area contributed by atoms with Crippen molar-refractivity contribution in [1.82, 2.24) is 19.6 Å². The molecule has 6 nitrogen and oxygen atoms in total. The van der Waals surface area contributed by atoms with Crippen molar-refractivity contribution in [3.63, 3.8) is 0 Å². The Morgan fingerprint density at radius 1 is 1.15 bits per heavy atom. The summed E-state index contributed by atoms with van der Waals surface area (Å²) in [6, 6.07) is 14.8. The molecule has 0 aliphatic rings. The second kappa shape index (κ2) is 7.05. The summed E-state index contributed by atoms with van der Waals surface area (Å²) in [4.78, 5) is 16.8. The predicted molar refractivity (Wildman–Crippen MR) is 103 cm³/mol. The van der Waals surface area contributed by atoms with Gasteiger partial charge in [0.05, 0.1) is 5.69 Å².